The maximum atomic E-state index is 12.7. The lowest BCUT2D eigenvalue weighted by Crippen LogP contribution is -2.26. The van der Waals surface area contributed by atoms with Gasteiger partial charge in [0.15, 0.2) is 0 Å². The molecular weight excluding hydrogens is 311 g/mol. The van der Waals surface area contributed by atoms with Gasteiger partial charge in [0.25, 0.3) is 5.91 Å². The van der Waals surface area contributed by atoms with Crippen LogP contribution in [0.25, 0.3) is 0 Å². The summed E-state index contributed by atoms with van der Waals surface area (Å²) in [4.78, 5) is 20.0. The first-order valence-electron chi connectivity index (χ1n) is 6.70. The van der Waals surface area contributed by atoms with Gasteiger partial charge in [-0.05, 0) is 18.2 Å². The Morgan fingerprint density at radius 2 is 2.09 bits per heavy atom. The van der Waals surface area contributed by atoms with Crippen LogP contribution < -0.4 is 10.1 Å². The zero-order valence-electron chi connectivity index (χ0n) is 12.2. The molecule has 0 bridgehead atoms. The van der Waals surface area contributed by atoms with Gasteiger partial charge in [0.1, 0.15) is 5.75 Å². The average Bonchev–Trinajstić information content (AvgIpc) is 2.54. The molecule has 1 aromatic heterocycles. The van der Waals surface area contributed by atoms with E-state index in [2.05, 4.69) is 15.3 Å². The summed E-state index contributed by atoms with van der Waals surface area (Å²) in [6.45, 7) is 0.279. The van der Waals surface area contributed by atoms with E-state index in [0.717, 1.165) is 18.2 Å². The minimum Gasteiger partial charge on any atom is -0.496 e. The number of alkyl halides is 3. The maximum Gasteiger partial charge on any atom is 0.416 e. The van der Waals surface area contributed by atoms with E-state index in [1.807, 2.05) is 0 Å². The SMILES string of the molecule is COc1cc(C(F)(F)F)ccc1C(=O)NCCc1cnccn1. The molecule has 0 radical (unpaired) electrons. The third kappa shape index (κ3) is 4.41. The highest BCUT2D eigenvalue weighted by Gasteiger charge is 2.31. The number of methoxy groups -OCH3 is 1. The van der Waals surface area contributed by atoms with Crippen LogP contribution in [0.4, 0.5) is 13.2 Å². The number of benzene rings is 1. The Labute approximate surface area is 130 Å². The molecule has 0 saturated heterocycles. The van der Waals surface area contributed by atoms with Gasteiger partial charge < -0.3 is 10.1 Å². The number of nitrogens with one attached hydrogen (secondary N) is 1. The highest BCUT2D eigenvalue weighted by atomic mass is 19.4. The van der Waals surface area contributed by atoms with Crippen LogP contribution in [-0.4, -0.2) is 29.5 Å². The van der Waals surface area contributed by atoms with E-state index in [-0.39, 0.29) is 17.9 Å². The molecule has 2 aromatic rings. The van der Waals surface area contributed by atoms with Crippen molar-refractivity contribution in [3.63, 3.8) is 0 Å². The Bertz CT molecular complexity index is 675. The summed E-state index contributed by atoms with van der Waals surface area (Å²) >= 11 is 0. The molecule has 122 valence electrons. The van der Waals surface area contributed by atoms with Crippen molar-refractivity contribution in [2.75, 3.05) is 13.7 Å². The summed E-state index contributed by atoms with van der Waals surface area (Å²) in [7, 11) is 1.21. The molecule has 1 heterocycles. The van der Waals surface area contributed by atoms with Crippen molar-refractivity contribution in [1.82, 2.24) is 15.3 Å². The number of nitrogens with zero attached hydrogens (tertiary/aromatic N) is 2. The lowest BCUT2D eigenvalue weighted by Gasteiger charge is -2.12. The van der Waals surface area contributed by atoms with Crippen LogP contribution in [0, 0.1) is 0 Å². The maximum absolute atomic E-state index is 12.7. The lowest BCUT2D eigenvalue weighted by molar-refractivity contribution is -0.137. The number of carbonyl (C=O) groups is 1. The van der Waals surface area contributed by atoms with Crippen molar-refractivity contribution in [2.45, 2.75) is 12.6 Å². The summed E-state index contributed by atoms with van der Waals surface area (Å²) in [5.74, 6) is -0.642. The topological polar surface area (TPSA) is 64.1 Å². The summed E-state index contributed by atoms with van der Waals surface area (Å²) in [6.07, 6.45) is 0.618. The predicted octanol–water partition coefficient (Wildman–Crippen LogP) is 2.48. The fraction of sp³-hybridized carbons (Fsp3) is 0.267. The second-order valence-electron chi connectivity index (χ2n) is 4.62. The molecule has 0 aliphatic carbocycles. The van der Waals surface area contributed by atoms with Crippen molar-refractivity contribution in [1.29, 1.82) is 0 Å². The van der Waals surface area contributed by atoms with Gasteiger partial charge in [-0.1, -0.05) is 0 Å². The van der Waals surface area contributed by atoms with Gasteiger partial charge in [-0.25, -0.2) is 0 Å². The molecule has 0 fully saturated rings. The van der Waals surface area contributed by atoms with Crippen LogP contribution in [0.15, 0.2) is 36.8 Å². The fourth-order valence-corrected chi connectivity index (χ4v) is 1.91. The van der Waals surface area contributed by atoms with Crippen LogP contribution in [0.1, 0.15) is 21.6 Å². The molecule has 2 rings (SSSR count). The Morgan fingerprint density at radius 3 is 2.70 bits per heavy atom. The van der Waals surface area contributed by atoms with E-state index in [0.29, 0.717) is 12.1 Å². The van der Waals surface area contributed by atoms with Gasteiger partial charge in [-0.15, -0.1) is 0 Å². The first-order chi connectivity index (χ1) is 10.9. The fourth-order valence-electron chi connectivity index (χ4n) is 1.91. The molecule has 1 amide bonds. The number of rotatable bonds is 5. The molecule has 0 saturated carbocycles. The molecule has 1 aromatic carbocycles. The molecule has 1 N–H and O–H groups in total. The van der Waals surface area contributed by atoms with Gasteiger partial charge in [-0.3, -0.25) is 14.8 Å². The van der Waals surface area contributed by atoms with Crippen LogP contribution in [0.3, 0.4) is 0 Å². The van der Waals surface area contributed by atoms with E-state index in [4.69, 9.17) is 4.74 Å². The van der Waals surface area contributed by atoms with Crippen molar-refractivity contribution in [3.05, 3.63) is 53.6 Å². The summed E-state index contributed by atoms with van der Waals surface area (Å²) in [5.41, 5.74) is -0.128. The smallest absolute Gasteiger partial charge is 0.416 e. The third-order valence-electron chi connectivity index (χ3n) is 3.06. The summed E-state index contributed by atoms with van der Waals surface area (Å²) < 4.78 is 42.9. The molecule has 0 unspecified atom stereocenters. The Kier molecular flexibility index (Phi) is 5.15. The van der Waals surface area contributed by atoms with E-state index >= 15 is 0 Å². The van der Waals surface area contributed by atoms with Crippen molar-refractivity contribution < 1.29 is 22.7 Å². The minimum absolute atomic E-state index is 0.0413. The number of amides is 1. The number of hydrogen-bond acceptors (Lipinski definition) is 4. The molecule has 0 aliphatic rings. The number of hydrogen-bond donors (Lipinski definition) is 1. The first-order valence-corrected chi connectivity index (χ1v) is 6.70. The van der Waals surface area contributed by atoms with Crippen LogP contribution in [0.2, 0.25) is 0 Å². The van der Waals surface area contributed by atoms with E-state index in [1.165, 1.54) is 19.5 Å². The average molecular weight is 325 g/mol. The number of aromatic nitrogens is 2. The molecule has 0 atom stereocenters. The van der Waals surface area contributed by atoms with Crippen molar-refractivity contribution in [3.8, 4) is 5.75 Å². The zero-order valence-corrected chi connectivity index (χ0v) is 12.2. The first kappa shape index (κ1) is 16.7. The summed E-state index contributed by atoms with van der Waals surface area (Å²) in [6, 6.07) is 2.75. The standard InChI is InChI=1S/C15H14F3N3O2/c1-23-13-8-10(15(16,17)18)2-3-12(13)14(22)21-5-4-11-9-19-6-7-20-11/h2-3,6-9H,4-5H2,1H3,(H,21,22). The quantitative estimate of drug-likeness (QED) is 0.917. The Balaban J connectivity index is 2.04. The molecule has 8 heteroatoms. The van der Waals surface area contributed by atoms with Gasteiger partial charge in [0.05, 0.1) is 23.9 Å². The van der Waals surface area contributed by atoms with Crippen molar-refractivity contribution >= 4 is 5.91 Å². The van der Waals surface area contributed by atoms with Crippen LogP contribution in [-0.2, 0) is 12.6 Å². The van der Waals surface area contributed by atoms with E-state index < -0.39 is 17.6 Å². The second-order valence-corrected chi connectivity index (χ2v) is 4.62. The van der Waals surface area contributed by atoms with E-state index in [1.54, 1.807) is 6.20 Å². The second kappa shape index (κ2) is 7.08. The van der Waals surface area contributed by atoms with Gasteiger partial charge in [-0.2, -0.15) is 13.2 Å². The monoisotopic (exact) mass is 325 g/mol. The Morgan fingerprint density at radius 1 is 1.30 bits per heavy atom. The summed E-state index contributed by atoms with van der Waals surface area (Å²) in [5, 5.41) is 2.61. The number of ether oxygens (including phenoxy) is 1. The largest absolute Gasteiger partial charge is 0.496 e. The normalized spacial score (nSPS) is 11.1. The predicted molar refractivity (Wildman–Crippen MR) is 76.1 cm³/mol. The highest BCUT2D eigenvalue weighted by molar-refractivity contribution is 5.97. The van der Waals surface area contributed by atoms with Crippen LogP contribution in [0.5, 0.6) is 5.75 Å². The highest BCUT2D eigenvalue weighted by Crippen LogP contribution is 2.33. The zero-order chi connectivity index (χ0) is 16.9. The van der Waals surface area contributed by atoms with Gasteiger partial charge in [0.2, 0.25) is 0 Å². The van der Waals surface area contributed by atoms with Gasteiger partial charge >= 0.3 is 6.18 Å². The lowest BCUT2D eigenvalue weighted by atomic mass is 10.1. The molecular formula is C15H14F3N3O2. The molecule has 5 nitrogen and oxygen atoms in total. The van der Waals surface area contributed by atoms with Gasteiger partial charge in [0, 0.05) is 31.6 Å². The third-order valence-corrected chi connectivity index (χ3v) is 3.06. The number of carbonyl (C=O) groups excluding carboxylic acids is 1. The molecule has 0 spiro atoms. The molecule has 23 heavy (non-hydrogen) atoms. The number of halogens is 3. The Hall–Kier alpha value is -2.64. The molecule has 0 aliphatic heterocycles. The minimum atomic E-state index is -4.49. The van der Waals surface area contributed by atoms with Crippen LogP contribution >= 0.6 is 0 Å². The van der Waals surface area contributed by atoms with Crippen molar-refractivity contribution in [2.24, 2.45) is 0 Å². The van der Waals surface area contributed by atoms with E-state index in [9.17, 15) is 18.0 Å².